The second kappa shape index (κ2) is 15.0. The third-order valence-electron chi connectivity index (χ3n) is 8.21. The third kappa shape index (κ3) is 8.63. The lowest BCUT2D eigenvalue weighted by atomic mass is 9.91. The number of hydrogen-bond donors (Lipinski definition) is 0. The Morgan fingerprint density at radius 3 is 1.80 bits per heavy atom. The fraction of sp³-hybridized carbons (Fsp3) is 0.429. The van der Waals surface area contributed by atoms with Gasteiger partial charge in [-0.3, -0.25) is 19.2 Å². The molecular formula is C35H39NO12S. The summed E-state index contributed by atoms with van der Waals surface area (Å²) in [5.74, 6) is -2.13. The van der Waals surface area contributed by atoms with Crippen molar-refractivity contribution in [1.82, 2.24) is 4.31 Å². The molecule has 3 heterocycles. The molecule has 2 aromatic rings. The number of esters is 4. The van der Waals surface area contributed by atoms with Gasteiger partial charge in [-0.05, 0) is 59.5 Å². The minimum absolute atomic E-state index is 0.0574. The van der Waals surface area contributed by atoms with Crippen LogP contribution < -0.4 is 0 Å². The van der Waals surface area contributed by atoms with Gasteiger partial charge in [-0.2, -0.15) is 4.31 Å². The average molecular weight is 698 g/mol. The Hall–Kier alpha value is -4.37. The van der Waals surface area contributed by atoms with Crippen LogP contribution in [-0.2, 0) is 70.7 Å². The maximum atomic E-state index is 13.8. The van der Waals surface area contributed by atoms with Gasteiger partial charge in [0, 0.05) is 40.8 Å². The number of aryl methyl sites for hydroxylation is 1. The number of carbonyl (C=O) groups excluding carboxylic acids is 4. The topological polar surface area (TPSA) is 161 Å². The number of nitrogens with zero attached hydrogens (tertiary/aromatic N) is 1. The van der Waals surface area contributed by atoms with Gasteiger partial charge >= 0.3 is 23.9 Å². The van der Waals surface area contributed by atoms with Crippen molar-refractivity contribution in [3.8, 4) is 0 Å². The average Bonchev–Trinajstić information content (AvgIpc) is 3.48. The highest BCUT2D eigenvalue weighted by Crippen LogP contribution is 2.40. The van der Waals surface area contributed by atoms with Crippen molar-refractivity contribution >= 4 is 33.9 Å². The van der Waals surface area contributed by atoms with E-state index < -0.39 is 70.5 Å². The van der Waals surface area contributed by atoms with Gasteiger partial charge in [0.25, 0.3) is 0 Å². The molecule has 0 amide bonds. The van der Waals surface area contributed by atoms with E-state index in [1.165, 1.54) is 32.0 Å². The van der Waals surface area contributed by atoms with Gasteiger partial charge < -0.3 is 28.4 Å². The van der Waals surface area contributed by atoms with Crippen molar-refractivity contribution in [3.05, 3.63) is 88.5 Å². The number of carbonyl (C=O) groups is 4. The molecule has 2 aromatic carbocycles. The number of benzene rings is 2. The molecule has 13 nitrogen and oxygen atoms in total. The first kappa shape index (κ1) is 35.9. The van der Waals surface area contributed by atoms with Crippen molar-refractivity contribution in [2.24, 2.45) is 0 Å². The zero-order valence-electron chi connectivity index (χ0n) is 27.8. The van der Waals surface area contributed by atoms with Crippen LogP contribution in [0.3, 0.4) is 0 Å². The predicted octanol–water partition coefficient (Wildman–Crippen LogP) is 3.68. The van der Waals surface area contributed by atoms with Crippen LogP contribution in [0.1, 0.15) is 67.7 Å². The summed E-state index contributed by atoms with van der Waals surface area (Å²) in [5, 5.41) is 0. The Bertz CT molecular complexity index is 1770. The first-order valence-corrected chi connectivity index (χ1v) is 17.2. The zero-order valence-corrected chi connectivity index (χ0v) is 28.6. The summed E-state index contributed by atoms with van der Waals surface area (Å²) in [6.45, 7) is 6.70. The van der Waals surface area contributed by atoms with Crippen LogP contribution in [0, 0.1) is 6.92 Å². The van der Waals surface area contributed by atoms with Gasteiger partial charge in [0.2, 0.25) is 10.0 Å². The first-order chi connectivity index (χ1) is 23.2. The molecule has 0 saturated heterocycles. The van der Waals surface area contributed by atoms with Crippen LogP contribution in [0.5, 0.6) is 0 Å². The van der Waals surface area contributed by atoms with Gasteiger partial charge in [-0.25, -0.2) is 8.42 Å². The summed E-state index contributed by atoms with van der Waals surface area (Å²) in [5.41, 5.74) is 3.64. The lowest BCUT2D eigenvalue weighted by Gasteiger charge is -2.34. The Morgan fingerprint density at radius 2 is 1.27 bits per heavy atom. The largest absolute Gasteiger partial charge is 0.463 e. The monoisotopic (exact) mass is 697 g/mol. The molecule has 49 heavy (non-hydrogen) atoms. The molecule has 0 N–H and O–H groups in total. The maximum absolute atomic E-state index is 13.8. The molecule has 0 fully saturated rings. The standard InChI is InChI=1S/C35H39NO12S/c1-20-6-8-27(9-7-20)49(41,42)36-16-26-14-25(30-10-12-32(45-23(4)39)34(47-30)18-43-21(2)37)15-28(29(26)17-36)31-11-13-33(46-24(5)40)35(48-31)19-44-22(3)38/h6-15,30-35H,16-19H2,1-5H3/t30-,31-,32-,33-,34+,35+/m0/s1. The van der Waals surface area contributed by atoms with Crippen molar-refractivity contribution in [2.45, 2.75) is 89.2 Å². The van der Waals surface area contributed by atoms with E-state index in [4.69, 9.17) is 28.4 Å². The first-order valence-electron chi connectivity index (χ1n) is 15.7. The molecule has 0 spiro atoms. The molecule has 0 bridgehead atoms. The second-order valence-corrected chi connectivity index (χ2v) is 14.0. The van der Waals surface area contributed by atoms with Crippen LogP contribution in [-0.4, -0.2) is 74.2 Å². The molecule has 5 rings (SSSR count). The molecular weight excluding hydrogens is 658 g/mol. The zero-order chi connectivity index (χ0) is 35.5. The van der Waals surface area contributed by atoms with Crippen molar-refractivity contribution in [1.29, 1.82) is 0 Å². The Balaban J connectivity index is 1.54. The van der Waals surface area contributed by atoms with Gasteiger partial charge in [-0.15, -0.1) is 0 Å². The van der Waals surface area contributed by atoms with E-state index in [2.05, 4.69) is 0 Å². The Kier molecular flexibility index (Phi) is 11.0. The molecule has 0 saturated carbocycles. The van der Waals surface area contributed by atoms with Gasteiger partial charge in [-0.1, -0.05) is 35.9 Å². The smallest absolute Gasteiger partial charge is 0.303 e. The molecule has 3 aliphatic rings. The molecule has 6 atom stereocenters. The van der Waals surface area contributed by atoms with Gasteiger partial charge in [0.1, 0.15) is 49.8 Å². The molecule has 262 valence electrons. The molecule has 0 aromatic heterocycles. The fourth-order valence-electron chi connectivity index (χ4n) is 5.92. The highest BCUT2D eigenvalue weighted by Gasteiger charge is 2.38. The molecule has 0 aliphatic carbocycles. The third-order valence-corrected chi connectivity index (χ3v) is 10.0. The minimum atomic E-state index is -3.89. The van der Waals surface area contributed by atoms with E-state index >= 15 is 0 Å². The second-order valence-electron chi connectivity index (χ2n) is 12.0. The van der Waals surface area contributed by atoms with Crippen LogP contribution in [0.2, 0.25) is 0 Å². The van der Waals surface area contributed by atoms with Crippen molar-refractivity contribution in [2.75, 3.05) is 13.2 Å². The molecule has 3 aliphatic heterocycles. The Labute approximate surface area is 284 Å². The molecule has 0 unspecified atom stereocenters. The number of rotatable bonds is 10. The summed E-state index contributed by atoms with van der Waals surface area (Å²) in [6.07, 6.45) is 2.02. The summed E-state index contributed by atoms with van der Waals surface area (Å²) < 4.78 is 62.9. The van der Waals surface area contributed by atoms with E-state index in [0.717, 1.165) is 16.7 Å². The van der Waals surface area contributed by atoms with Crippen LogP contribution in [0.4, 0.5) is 0 Å². The highest BCUT2D eigenvalue weighted by atomic mass is 32.2. The summed E-state index contributed by atoms with van der Waals surface area (Å²) in [4.78, 5) is 47.0. The normalized spacial score (nSPS) is 24.9. The van der Waals surface area contributed by atoms with Gasteiger partial charge in [0.15, 0.2) is 0 Å². The summed E-state index contributed by atoms with van der Waals surface area (Å²) in [7, 11) is -3.89. The van der Waals surface area contributed by atoms with E-state index in [0.29, 0.717) is 11.1 Å². The minimum Gasteiger partial charge on any atom is -0.463 e. The maximum Gasteiger partial charge on any atom is 0.303 e. The summed E-state index contributed by atoms with van der Waals surface area (Å²) >= 11 is 0. The predicted molar refractivity (Wildman–Crippen MR) is 172 cm³/mol. The SMILES string of the molecule is CC(=O)OC[C@H]1O[C@H](c2cc3c(c([C@@H]4C=C[C@H](OC(C)=O)[C@@H](COC(C)=O)O4)c2)CN(S(=O)(=O)c2ccc(C)cc2)C3)C=C[C@@H]1OC(C)=O. The lowest BCUT2D eigenvalue weighted by molar-refractivity contribution is -0.164. The highest BCUT2D eigenvalue weighted by molar-refractivity contribution is 7.89. The Morgan fingerprint density at radius 1 is 0.735 bits per heavy atom. The fourth-order valence-corrected chi connectivity index (χ4v) is 7.31. The number of sulfonamides is 1. The molecule has 0 radical (unpaired) electrons. The number of ether oxygens (including phenoxy) is 6. The van der Waals surface area contributed by atoms with Crippen LogP contribution in [0.25, 0.3) is 0 Å². The van der Waals surface area contributed by atoms with Crippen molar-refractivity contribution in [3.63, 3.8) is 0 Å². The number of hydrogen-bond acceptors (Lipinski definition) is 12. The lowest BCUT2D eigenvalue weighted by Crippen LogP contribution is -2.39. The van der Waals surface area contributed by atoms with Crippen molar-refractivity contribution < 1.29 is 56.0 Å². The number of fused-ring (bicyclic) bond motifs is 1. The molecule has 14 heteroatoms. The van der Waals surface area contributed by atoms with E-state index in [1.807, 2.05) is 19.1 Å². The van der Waals surface area contributed by atoms with Gasteiger partial charge in [0.05, 0.1) is 4.90 Å². The van der Waals surface area contributed by atoms with E-state index in [1.54, 1.807) is 48.6 Å². The van der Waals surface area contributed by atoms with Crippen LogP contribution >= 0.6 is 0 Å². The summed E-state index contributed by atoms with van der Waals surface area (Å²) in [6, 6.07) is 10.3. The van der Waals surface area contributed by atoms with E-state index in [-0.39, 0.29) is 31.2 Å². The van der Waals surface area contributed by atoms with Crippen LogP contribution in [0.15, 0.2) is 65.6 Å². The quantitative estimate of drug-likeness (QED) is 0.202. The van der Waals surface area contributed by atoms with E-state index in [9.17, 15) is 27.6 Å².